The highest BCUT2D eigenvalue weighted by atomic mass is 32.1. The molecule has 0 aliphatic carbocycles. The first-order valence-electron chi connectivity index (χ1n) is 8.30. The van der Waals surface area contributed by atoms with Crippen molar-refractivity contribution in [1.29, 1.82) is 0 Å². The summed E-state index contributed by atoms with van der Waals surface area (Å²) in [7, 11) is 0. The fourth-order valence-corrected chi connectivity index (χ4v) is 2.69. The van der Waals surface area contributed by atoms with Crippen LogP contribution in [0.25, 0.3) is 0 Å². The third kappa shape index (κ3) is 5.85. The van der Waals surface area contributed by atoms with Crippen molar-refractivity contribution < 1.29 is 14.3 Å². The summed E-state index contributed by atoms with van der Waals surface area (Å²) in [5.74, 6) is 1.47. The van der Waals surface area contributed by atoms with Gasteiger partial charge in [0, 0.05) is 18.0 Å². The summed E-state index contributed by atoms with van der Waals surface area (Å²) in [6.07, 6.45) is 4.83. The Labute approximate surface area is 147 Å². The normalized spacial score (nSPS) is 10.4. The van der Waals surface area contributed by atoms with E-state index in [0.29, 0.717) is 31.2 Å². The highest BCUT2D eigenvalue weighted by molar-refractivity contribution is 7.13. The number of rotatable bonds is 10. The van der Waals surface area contributed by atoms with Crippen LogP contribution in [0.15, 0.2) is 29.8 Å². The zero-order valence-corrected chi connectivity index (χ0v) is 15.0. The van der Waals surface area contributed by atoms with E-state index in [9.17, 15) is 4.79 Å². The number of amides is 1. The van der Waals surface area contributed by atoms with Gasteiger partial charge in [0.2, 0.25) is 5.91 Å². The van der Waals surface area contributed by atoms with Gasteiger partial charge in [0.15, 0.2) is 16.6 Å². The van der Waals surface area contributed by atoms with Gasteiger partial charge in [-0.2, -0.15) is 0 Å². The van der Waals surface area contributed by atoms with Crippen LogP contribution in [0.4, 0.5) is 5.13 Å². The van der Waals surface area contributed by atoms with Gasteiger partial charge in [0.25, 0.3) is 0 Å². The van der Waals surface area contributed by atoms with Crippen LogP contribution in [0.5, 0.6) is 11.5 Å². The molecule has 2 aromatic rings. The predicted octanol–water partition coefficient (Wildman–Crippen LogP) is 4.29. The number of hydrogen-bond acceptors (Lipinski definition) is 5. The van der Waals surface area contributed by atoms with Crippen LogP contribution in [0.1, 0.15) is 38.7 Å². The first-order chi connectivity index (χ1) is 11.7. The third-order valence-corrected chi connectivity index (χ3v) is 4.07. The second-order valence-electron chi connectivity index (χ2n) is 5.30. The molecule has 1 aromatic heterocycles. The van der Waals surface area contributed by atoms with E-state index in [0.717, 1.165) is 29.9 Å². The Balaban J connectivity index is 1.92. The Bertz CT molecular complexity index is 629. The molecule has 2 rings (SSSR count). The summed E-state index contributed by atoms with van der Waals surface area (Å²) in [4.78, 5) is 16.0. The monoisotopic (exact) mass is 348 g/mol. The molecule has 0 fully saturated rings. The number of aryl methyl sites for hydroxylation is 1. The zero-order valence-electron chi connectivity index (χ0n) is 14.2. The van der Waals surface area contributed by atoms with Crippen LogP contribution in [-0.2, 0) is 11.2 Å². The minimum Gasteiger partial charge on any atom is -0.490 e. The molecule has 1 N–H and O–H groups in total. The van der Waals surface area contributed by atoms with E-state index in [1.807, 2.05) is 30.5 Å². The average molecular weight is 348 g/mol. The first kappa shape index (κ1) is 18.3. The minimum atomic E-state index is -0.0359. The van der Waals surface area contributed by atoms with Gasteiger partial charge in [0.1, 0.15) is 0 Å². The molecule has 0 bridgehead atoms. The quantitative estimate of drug-likeness (QED) is 0.651. The minimum absolute atomic E-state index is 0.0359. The maximum atomic E-state index is 11.9. The number of benzene rings is 1. The standard InChI is InChI=1S/C18H24N2O3S/c1-3-5-11-23-15-8-6-14(13-16(15)22-4-2)7-9-17(21)20-18-19-10-12-24-18/h6,8,10,12-13H,3-5,7,9,11H2,1-2H3,(H,19,20,21). The summed E-state index contributed by atoms with van der Waals surface area (Å²) >= 11 is 1.41. The molecule has 0 unspecified atom stereocenters. The number of carbonyl (C=O) groups is 1. The molecule has 130 valence electrons. The number of aromatic nitrogens is 1. The second kappa shape index (κ2) is 9.93. The van der Waals surface area contributed by atoms with Gasteiger partial charge in [-0.15, -0.1) is 11.3 Å². The van der Waals surface area contributed by atoms with Crippen LogP contribution in [0.2, 0.25) is 0 Å². The average Bonchev–Trinajstić information content (AvgIpc) is 3.08. The van der Waals surface area contributed by atoms with Crippen molar-refractivity contribution in [1.82, 2.24) is 4.98 Å². The van der Waals surface area contributed by atoms with Gasteiger partial charge in [-0.25, -0.2) is 4.98 Å². The molecule has 0 aliphatic rings. The Hall–Kier alpha value is -2.08. The van der Waals surface area contributed by atoms with E-state index < -0.39 is 0 Å². The topological polar surface area (TPSA) is 60.5 Å². The SMILES string of the molecule is CCCCOc1ccc(CCC(=O)Nc2nccs2)cc1OCC. The number of hydrogen-bond donors (Lipinski definition) is 1. The highest BCUT2D eigenvalue weighted by Gasteiger charge is 2.09. The van der Waals surface area contributed by atoms with Gasteiger partial charge >= 0.3 is 0 Å². The predicted molar refractivity (Wildman–Crippen MR) is 97.1 cm³/mol. The van der Waals surface area contributed by atoms with E-state index in [2.05, 4.69) is 17.2 Å². The van der Waals surface area contributed by atoms with Crippen LogP contribution in [0, 0.1) is 0 Å². The summed E-state index contributed by atoms with van der Waals surface area (Å²) in [5.41, 5.74) is 1.05. The largest absolute Gasteiger partial charge is 0.490 e. The van der Waals surface area contributed by atoms with E-state index in [1.165, 1.54) is 11.3 Å². The van der Waals surface area contributed by atoms with Gasteiger partial charge in [0.05, 0.1) is 13.2 Å². The maximum Gasteiger partial charge on any atom is 0.226 e. The zero-order chi connectivity index (χ0) is 17.2. The molecule has 1 heterocycles. The molecule has 24 heavy (non-hydrogen) atoms. The molecule has 5 nitrogen and oxygen atoms in total. The van der Waals surface area contributed by atoms with Gasteiger partial charge in [-0.1, -0.05) is 19.4 Å². The molecule has 0 radical (unpaired) electrons. The van der Waals surface area contributed by atoms with Gasteiger partial charge < -0.3 is 14.8 Å². The van der Waals surface area contributed by atoms with Crippen molar-refractivity contribution in [3.8, 4) is 11.5 Å². The summed E-state index contributed by atoms with van der Waals surface area (Å²) in [5, 5.41) is 5.26. The lowest BCUT2D eigenvalue weighted by molar-refractivity contribution is -0.116. The maximum absolute atomic E-state index is 11.9. The van der Waals surface area contributed by atoms with Crippen LogP contribution < -0.4 is 14.8 Å². The van der Waals surface area contributed by atoms with Crippen molar-refractivity contribution in [3.05, 3.63) is 35.3 Å². The van der Waals surface area contributed by atoms with Crippen molar-refractivity contribution in [3.63, 3.8) is 0 Å². The number of carbonyl (C=O) groups excluding carboxylic acids is 1. The lowest BCUT2D eigenvalue weighted by atomic mass is 10.1. The second-order valence-corrected chi connectivity index (χ2v) is 6.20. The van der Waals surface area contributed by atoms with E-state index >= 15 is 0 Å². The van der Waals surface area contributed by atoms with E-state index in [1.54, 1.807) is 6.20 Å². The smallest absolute Gasteiger partial charge is 0.226 e. The Morgan fingerprint density at radius 2 is 2.12 bits per heavy atom. The van der Waals surface area contributed by atoms with Crippen molar-refractivity contribution in [2.24, 2.45) is 0 Å². The lowest BCUT2D eigenvalue weighted by Gasteiger charge is -2.13. The Kier molecular flexibility index (Phi) is 7.55. The Morgan fingerprint density at radius 3 is 2.83 bits per heavy atom. The number of anilines is 1. The number of nitrogens with one attached hydrogen (secondary N) is 1. The number of thiazole rings is 1. The highest BCUT2D eigenvalue weighted by Crippen LogP contribution is 2.29. The van der Waals surface area contributed by atoms with Crippen molar-refractivity contribution in [2.75, 3.05) is 18.5 Å². The molecular weight excluding hydrogens is 324 g/mol. The molecule has 0 saturated heterocycles. The van der Waals surface area contributed by atoms with Crippen molar-refractivity contribution in [2.45, 2.75) is 39.5 Å². The summed E-state index contributed by atoms with van der Waals surface area (Å²) in [6, 6.07) is 5.87. The molecule has 6 heteroatoms. The number of ether oxygens (including phenoxy) is 2. The van der Waals surface area contributed by atoms with E-state index in [4.69, 9.17) is 9.47 Å². The summed E-state index contributed by atoms with van der Waals surface area (Å²) < 4.78 is 11.4. The fourth-order valence-electron chi connectivity index (χ4n) is 2.15. The van der Waals surface area contributed by atoms with Crippen LogP contribution in [-0.4, -0.2) is 24.1 Å². The lowest BCUT2D eigenvalue weighted by Crippen LogP contribution is -2.12. The summed E-state index contributed by atoms with van der Waals surface area (Å²) in [6.45, 7) is 5.35. The fraction of sp³-hybridized carbons (Fsp3) is 0.444. The van der Waals surface area contributed by atoms with E-state index in [-0.39, 0.29) is 5.91 Å². The molecule has 1 aromatic carbocycles. The van der Waals surface area contributed by atoms with Crippen molar-refractivity contribution >= 4 is 22.4 Å². The molecular formula is C18H24N2O3S. The Morgan fingerprint density at radius 1 is 1.25 bits per heavy atom. The molecule has 0 spiro atoms. The van der Waals surface area contributed by atoms with Crippen LogP contribution in [0.3, 0.4) is 0 Å². The van der Waals surface area contributed by atoms with Crippen LogP contribution >= 0.6 is 11.3 Å². The third-order valence-electron chi connectivity index (χ3n) is 3.38. The first-order valence-corrected chi connectivity index (χ1v) is 9.18. The molecule has 0 atom stereocenters. The number of nitrogens with zero attached hydrogens (tertiary/aromatic N) is 1. The molecule has 1 amide bonds. The van der Waals surface area contributed by atoms with Gasteiger partial charge in [-0.05, 0) is 37.5 Å². The number of unbranched alkanes of at least 4 members (excludes halogenated alkanes) is 1. The molecule has 0 saturated carbocycles. The van der Waals surface area contributed by atoms with Gasteiger partial charge in [-0.3, -0.25) is 4.79 Å². The molecule has 0 aliphatic heterocycles.